The Kier molecular flexibility index (Phi) is 4.94. The summed E-state index contributed by atoms with van der Waals surface area (Å²) >= 11 is 0. The Balaban J connectivity index is 2.68. The van der Waals surface area contributed by atoms with Crippen LogP contribution < -0.4 is 10.2 Å². The molecule has 26 heavy (non-hydrogen) atoms. The molecule has 0 fully saturated rings. The van der Waals surface area contributed by atoms with E-state index in [1.54, 1.807) is 45.0 Å². The van der Waals surface area contributed by atoms with Crippen molar-refractivity contribution < 1.29 is 23.9 Å². The number of carbonyl (C=O) groups excluding carboxylic acids is 4. The number of para-hydroxylation sites is 1. The molecule has 140 valence electrons. The van der Waals surface area contributed by atoms with Gasteiger partial charge in [0.1, 0.15) is 23.1 Å². The van der Waals surface area contributed by atoms with Crippen molar-refractivity contribution in [3.63, 3.8) is 0 Å². The maximum Gasteiger partial charge on any atom is 0.408 e. The van der Waals surface area contributed by atoms with E-state index < -0.39 is 40.6 Å². The number of hydrogen-bond acceptors (Lipinski definition) is 5. The van der Waals surface area contributed by atoms with Crippen molar-refractivity contribution in [1.82, 2.24) is 5.32 Å². The minimum absolute atomic E-state index is 0.397. The van der Waals surface area contributed by atoms with Crippen molar-refractivity contribution >= 4 is 29.3 Å². The van der Waals surface area contributed by atoms with Gasteiger partial charge in [-0.25, -0.2) is 4.79 Å². The van der Waals surface area contributed by atoms with Crippen LogP contribution in [0.15, 0.2) is 24.3 Å². The van der Waals surface area contributed by atoms with Gasteiger partial charge in [-0.3, -0.25) is 14.4 Å². The Morgan fingerprint density at radius 1 is 1.12 bits per heavy atom. The second kappa shape index (κ2) is 6.55. The van der Waals surface area contributed by atoms with Crippen molar-refractivity contribution in [1.29, 1.82) is 0 Å². The molecule has 0 spiro atoms. The number of nitrogens with zero attached hydrogens (tertiary/aromatic N) is 1. The van der Waals surface area contributed by atoms with Crippen LogP contribution in [0, 0.1) is 5.92 Å². The van der Waals surface area contributed by atoms with E-state index in [-0.39, 0.29) is 0 Å². The van der Waals surface area contributed by atoms with Crippen molar-refractivity contribution in [2.24, 2.45) is 5.92 Å². The van der Waals surface area contributed by atoms with Crippen LogP contribution >= 0.6 is 0 Å². The van der Waals surface area contributed by atoms with Crippen molar-refractivity contribution in [2.75, 3.05) is 11.9 Å². The lowest BCUT2D eigenvalue weighted by Gasteiger charge is -2.35. The quantitative estimate of drug-likeness (QED) is 0.831. The van der Waals surface area contributed by atoms with Crippen LogP contribution in [0.3, 0.4) is 0 Å². The molecule has 0 radical (unpaired) electrons. The lowest BCUT2D eigenvalue weighted by molar-refractivity contribution is -0.141. The highest BCUT2D eigenvalue weighted by molar-refractivity contribution is 6.16. The number of fused-ring (bicyclic) bond motifs is 1. The average Bonchev–Trinajstić information content (AvgIpc) is 2.68. The normalized spacial score (nSPS) is 19.3. The highest BCUT2D eigenvalue weighted by Crippen LogP contribution is 2.44. The van der Waals surface area contributed by atoms with Crippen LogP contribution in [-0.2, 0) is 24.7 Å². The fourth-order valence-electron chi connectivity index (χ4n) is 3.42. The Hall–Kier alpha value is -2.70. The molecule has 0 saturated heterocycles. The number of amides is 2. The number of anilines is 1. The molecule has 2 amide bonds. The molecule has 0 aromatic heterocycles. The Morgan fingerprint density at radius 2 is 1.65 bits per heavy atom. The zero-order valence-corrected chi connectivity index (χ0v) is 15.9. The molecule has 1 aliphatic heterocycles. The molecule has 1 aromatic carbocycles. The number of benzene rings is 1. The molecule has 0 saturated carbocycles. The summed E-state index contributed by atoms with van der Waals surface area (Å²) < 4.78 is 5.29. The predicted molar refractivity (Wildman–Crippen MR) is 95.8 cm³/mol. The fourth-order valence-corrected chi connectivity index (χ4v) is 3.42. The van der Waals surface area contributed by atoms with Gasteiger partial charge in [0, 0.05) is 18.3 Å². The minimum atomic E-state index is -1.83. The van der Waals surface area contributed by atoms with E-state index in [4.69, 9.17) is 4.74 Å². The zero-order chi connectivity index (χ0) is 19.9. The van der Waals surface area contributed by atoms with Crippen molar-refractivity contribution in [3.05, 3.63) is 29.8 Å². The first kappa shape index (κ1) is 19.6. The molecule has 1 heterocycles. The number of likely N-dealkylation sites (N-methyl/N-ethyl adjacent to an activating group) is 1. The van der Waals surface area contributed by atoms with Crippen LogP contribution in [0.2, 0.25) is 0 Å². The molecule has 0 bridgehead atoms. The molecule has 1 N–H and O–H groups in total. The molecule has 0 unspecified atom stereocenters. The smallest absolute Gasteiger partial charge is 0.408 e. The summed E-state index contributed by atoms with van der Waals surface area (Å²) in [6, 6.07) is 6.76. The zero-order valence-electron chi connectivity index (χ0n) is 15.9. The highest BCUT2D eigenvalue weighted by Gasteiger charge is 2.59. The summed E-state index contributed by atoms with van der Waals surface area (Å²) in [6.07, 6.45) is -0.872. The van der Waals surface area contributed by atoms with E-state index in [0.717, 1.165) is 0 Å². The number of carbonyl (C=O) groups is 4. The number of hydrogen-bond donors (Lipinski definition) is 1. The highest BCUT2D eigenvalue weighted by atomic mass is 16.6. The van der Waals surface area contributed by atoms with Crippen molar-refractivity contribution in [3.8, 4) is 0 Å². The van der Waals surface area contributed by atoms with Gasteiger partial charge in [0.05, 0.1) is 0 Å². The van der Waals surface area contributed by atoms with E-state index in [1.807, 2.05) is 0 Å². The summed E-state index contributed by atoms with van der Waals surface area (Å²) in [5.41, 5.74) is -1.71. The Labute approximate surface area is 152 Å². The first-order chi connectivity index (χ1) is 11.9. The summed E-state index contributed by atoms with van der Waals surface area (Å²) in [5.74, 6) is -2.92. The van der Waals surface area contributed by atoms with Gasteiger partial charge in [-0.15, -0.1) is 0 Å². The van der Waals surface area contributed by atoms with Gasteiger partial charge in [-0.05, 0) is 40.7 Å². The van der Waals surface area contributed by atoms with E-state index in [2.05, 4.69) is 5.32 Å². The molecular weight excluding hydrogens is 336 g/mol. The number of alkyl carbamates (subject to hydrolysis) is 1. The van der Waals surface area contributed by atoms with Gasteiger partial charge in [0.25, 0.3) is 5.91 Å². The van der Waals surface area contributed by atoms with Crippen LogP contribution in [0.4, 0.5) is 10.5 Å². The lowest BCUT2D eigenvalue weighted by Crippen LogP contribution is -2.61. The number of Topliss-reactive ketones (excluding diaryl/α,β-unsaturated/α-hetero) is 2. The van der Waals surface area contributed by atoms with Crippen molar-refractivity contribution in [2.45, 2.75) is 45.8 Å². The monoisotopic (exact) mass is 360 g/mol. The number of nitrogens with one attached hydrogen (secondary N) is 1. The molecule has 7 heteroatoms. The molecule has 1 atom stereocenters. The summed E-state index contributed by atoms with van der Waals surface area (Å²) in [4.78, 5) is 51.7. The third-order valence-corrected chi connectivity index (χ3v) is 4.28. The first-order valence-electron chi connectivity index (χ1n) is 8.31. The molecule has 2 rings (SSSR count). The average molecular weight is 360 g/mol. The molecule has 0 aliphatic carbocycles. The van der Waals surface area contributed by atoms with E-state index in [1.165, 1.54) is 25.8 Å². The minimum Gasteiger partial charge on any atom is -0.444 e. The standard InChI is InChI=1S/C19H24N2O5/c1-11(22)15(12(2)23)19(20-17(25)26-18(3,4)5)13-9-7-8-10-14(13)21(6)16(19)24/h7-10,15H,1-6H3,(H,20,25)/t19-/m1/s1. The fraction of sp³-hybridized carbons (Fsp3) is 0.474. The first-order valence-corrected chi connectivity index (χ1v) is 8.31. The van der Waals surface area contributed by atoms with Crippen LogP contribution in [0.5, 0.6) is 0 Å². The summed E-state index contributed by atoms with van der Waals surface area (Å²) in [6.45, 7) is 7.52. The Bertz CT molecular complexity index is 766. The molecule has 1 aromatic rings. The van der Waals surface area contributed by atoms with E-state index >= 15 is 0 Å². The summed E-state index contributed by atoms with van der Waals surface area (Å²) in [5, 5.41) is 2.55. The molecule has 7 nitrogen and oxygen atoms in total. The topological polar surface area (TPSA) is 92.8 Å². The van der Waals surface area contributed by atoms with Gasteiger partial charge in [0.15, 0.2) is 5.54 Å². The lowest BCUT2D eigenvalue weighted by atomic mass is 9.74. The largest absolute Gasteiger partial charge is 0.444 e. The molecular formula is C19H24N2O5. The van der Waals surface area contributed by atoms with E-state index in [9.17, 15) is 19.2 Å². The second-order valence-corrected chi connectivity index (χ2v) is 7.47. The van der Waals surface area contributed by atoms with Gasteiger partial charge in [-0.2, -0.15) is 0 Å². The van der Waals surface area contributed by atoms with Gasteiger partial charge >= 0.3 is 6.09 Å². The van der Waals surface area contributed by atoms with Gasteiger partial charge in [0.2, 0.25) is 0 Å². The number of ketones is 2. The van der Waals surface area contributed by atoms with Gasteiger partial charge < -0.3 is 15.0 Å². The van der Waals surface area contributed by atoms with Crippen LogP contribution in [0.1, 0.15) is 40.2 Å². The van der Waals surface area contributed by atoms with Gasteiger partial charge in [-0.1, -0.05) is 18.2 Å². The number of ether oxygens (including phenoxy) is 1. The number of rotatable bonds is 4. The SMILES string of the molecule is CC(=O)C(C(C)=O)[C@@]1(NC(=O)OC(C)(C)C)C(=O)N(C)c2ccccc21. The summed E-state index contributed by atoms with van der Waals surface area (Å²) in [7, 11) is 1.54. The third-order valence-electron chi connectivity index (χ3n) is 4.28. The van der Waals surface area contributed by atoms with E-state index in [0.29, 0.717) is 11.3 Å². The third kappa shape index (κ3) is 3.21. The van der Waals surface area contributed by atoms with Crippen LogP contribution in [-0.4, -0.2) is 36.2 Å². The maximum absolute atomic E-state index is 13.2. The predicted octanol–water partition coefficient (Wildman–Crippen LogP) is 2.18. The maximum atomic E-state index is 13.2. The second-order valence-electron chi connectivity index (χ2n) is 7.47. The Morgan fingerprint density at radius 3 is 2.15 bits per heavy atom. The van der Waals surface area contributed by atoms with Crippen LogP contribution in [0.25, 0.3) is 0 Å². The molecule has 1 aliphatic rings.